The molecule has 174 valence electrons. The van der Waals surface area contributed by atoms with Crippen LogP contribution in [0.25, 0.3) is 0 Å². The van der Waals surface area contributed by atoms with Crippen LogP contribution in [0, 0.1) is 6.92 Å². The number of carbonyl (C=O) groups excluding carboxylic acids is 1. The average molecular weight is 467 g/mol. The van der Waals surface area contributed by atoms with E-state index in [-0.39, 0.29) is 23.5 Å². The molecule has 0 aliphatic carbocycles. The minimum atomic E-state index is -3.66. The Balaban J connectivity index is 1.49. The summed E-state index contributed by atoms with van der Waals surface area (Å²) in [6.07, 6.45) is 1.73. The number of anilines is 1. The van der Waals surface area contributed by atoms with Crippen molar-refractivity contribution in [1.29, 1.82) is 0 Å². The predicted molar refractivity (Wildman–Crippen MR) is 131 cm³/mol. The summed E-state index contributed by atoms with van der Waals surface area (Å²) in [4.78, 5) is 12.4. The third-order valence-corrected chi connectivity index (χ3v) is 7.17. The van der Waals surface area contributed by atoms with Gasteiger partial charge in [0, 0.05) is 13.1 Å². The molecule has 33 heavy (non-hydrogen) atoms. The summed E-state index contributed by atoms with van der Waals surface area (Å²) in [6.45, 7) is 3.77. The van der Waals surface area contributed by atoms with E-state index in [0.717, 1.165) is 18.4 Å². The second-order valence-corrected chi connectivity index (χ2v) is 10.0. The smallest absolute Gasteiger partial charge is 0.264 e. The first-order valence-corrected chi connectivity index (χ1v) is 12.3. The Morgan fingerprint density at radius 2 is 1.61 bits per heavy atom. The number of carbonyl (C=O) groups is 1. The summed E-state index contributed by atoms with van der Waals surface area (Å²) in [5.74, 6) is 0.297. The number of sulfonamides is 1. The van der Waals surface area contributed by atoms with Crippen LogP contribution in [0.1, 0.15) is 24.5 Å². The molecule has 1 N–H and O–H groups in total. The van der Waals surface area contributed by atoms with Crippen molar-refractivity contribution in [1.82, 2.24) is 5.32 Å². The SMILES string of the molecule is Cc1ccc(S(=O)(=O)N(C)c2ccc(OCC(=O)N[C@@H](C)CCc3ccccc3)cc2)cc1. The molecule has 3 aromatic rings. The Hall–Kier alpha value is -3.32. The summed E-state index contributed by atoms with van der Waals surface area (Å²) < 4.78 is 32.5. The van der Waals surface area contributed by atoms with Gasteiger partial charge in [-0.05, 0) is 68.7 Å². The van der Waals surface area contributed by atoms with E-state index < -0.39 is 10.0 Å². The molecule has 0 fully saturated rings. The van der Waals surface area contributed by atoms with Crippen LogP contribution in [0.2, 0.25) is 0 Å². The molecule has 0 saturated heterocycles. The van der Waals surface area contributed by atoms with Crippen molar-refractivity contribution in [3.05, 3.63) is 90.0 Å². The lowest BCUT2D eigenvalue weighted by molar-refractivity contribution is -0.123. The molecule has 6 nitrogen and oxygen atoms in total. The second-order valence-electron chi connectivity index (χ2n) is 8.06. The Bertz CT molecular complexity index is 1150. The van der Waals surface area contributed by atoms with Crippen LogP contribution < -0.4 is 14.4 Å². The molecule has 0 radical (unpaired) electrons. The molecule has 1 atom stereocenters. The molecule has 0 aliphatic rings. The molecule has 7 heteroatoms. The van der Waals surface area contributed by atoms with E-state index in [4.69, 9.17) is 4.74 Å². The summed E-state index contributed by atoms with van der Waals surface area (Å²) in [6, 6.07) is 23.5. The highest BCUT2D eigenvalue weighted by atomic mass is 32.2. The van der Waals surface area contributed by atoms with Crippen molar-refractivity contribution in [2.45, 2.75) is 37.6 Å². The first-order valence-electron chi connectivity index (χ1n) is 10.9. The van der Waals surface area contributed by atoms with Crippen LogP contribution in [0.3, 0.4) is 0 Å². The number of ether oxygens (including phenoxy) is 1. The highest BCUT2D eigenvalue weighted by Gasteiger charge is 2.21. The Labute approximate surface area is 196 Å². The molecular formula is C26H30N2O4S. The Morgan fingerprint density at radius 1 is 0.970 bits per heavy atom. The highest BCUT2D eigenvalue weighted by molar-refractivity contribution is 7.92. The third kappa shape index (κ3) is 6.83. The number of hydrogen-bond acceptors (Lipinski definition) is 4. The fraction of sp³-hybridized carbons (Fsp3) is 0.269. The van der Waals surface area contributed by atoms with Gasteiger partial charge in [0.1, 0.15) is 5.75 Å². The number of rotatable bonds is 10. The normalized spacial score (nSPS) is 12.1. The van der Waals surface area contributed by atoms with Gasteiger partial charge in [0.05, 0.1) is 10.6 Å². The van der Waals surface area contributed by atoms with Crippen molar-refractivity contribution >= 4 is 21.6 Å². The lowest BCUT2D eigenvalue weighted by Gasteiger charge is -2.20. The number of nitrogens with zero attached hydrogens (tertiary/aromatic N) is 1. The van der Waals surface area contributed by atoms with Gasteiger partial charge in [-0.3, -0.25) is 9.10 Å². The lowest BCUT2D eigenvalue weighted by Crippen LogP contribution is -2.36. The van der Waals surface area contributed by atoms with E-state index in [1.807, 2.05) is 32.0 Å². The maximum atomic E-state index is 12.8. The maximum Gasteiger partial charge on any atom is 0.264 e. The number of hydrogen-bond donors (Lipinski definition) is 1. The van der Waals surface area contributed by atoms with Crippen LogP contribution in [0.4, 0.5) is 5.69 Å². The number of nitrogens with one attached hydrogen (secondary N) is 1. The fourth-order valence-corrected chi connectivity index (χ4v) is 4.52. The van der Waals surface area contributed by atoms with Gasteiger partial charge in [0.25, 0.3) is 15.9 Å². The van der Waals surface area contributed by atoms with E-state index in [1.165, 1.54) is 16.9 Å². The van der Waals surface area contributed by atoms with Crippen molar-refractivity contribution in [3.63, 3.8) is 0 Å². The van der Waals surface area contributed by atoms with Gasteiger partial charge in [-0.1, -0.05) is 48.0 Å². The molecule has 3 aromatic carbocycles. The fourth-order valence-electron chi connectivity index (χ4n) is 3.32. The molecule has 0 aromatic heterocycles. The van der Waals surface area contributed by atoms with Crippen molar-refractivity contribution in [3.8, 4) is 5.75 Å². The van der Waals surface area contributed by atoms with E-state index in [9.17, 15) is 13.2 Å². The van der Waals surface area contributed by atoms with Gasteiger partial charge >= 0.3 is 0 Å². The first-order chi connectivity index (χ1) is 15.8. The molecular weight excluding hydrogens is 436 g/mol. The van der Waals surface area contributed by atoms with E-state index in [1.54, 1.807) is 48.5 Å². The average Bonchev–Trinajstić information content (AvgIpc) is 2.82. The summed E-state index contributed by atoms with van der Waals surface area (Å²) in [5.41, 5.74) is 2.74. The van der Waals surface area contributed by atoms with Crippen LogP contribution in [-0.4, -0.2) is 34.0 Å². The van der Waals surface area contributed by atoms with E-state index in [0.29, 0.717) is 11.4 Å². The lowest BCUT2D eigenvalue weighted by atomic mass is 10.1. The van der Waals surface area contributed by atoms with Crippen molar-refractivity contribution in [2.24, 2.45) is 0 Å². The monoisotopic (exact) mass is 466 g/mol. The van der Waals surface area contributed by atoms with Gasteiger partial charge in [0.2, 0.25) is 0 Å². The summed E-state index contributed by atoms with van der Waals surface area (Å²) >= 11 is 0. The quantitative estimate of drug-likeness (QED) is 0.482. The number of amides is 1. The zero-order chi connectivity index (χ0) is 23.8. The first kappa shape index (κ1) is 24.3. The molecule has 0 unspecified atom stereocenters. The highest BCUT2D eigenvalue weighted by Crippen LogP contribution is 2.24. The minimum Gasteiger partial charge on any atom is -0.484 e. The molecule has 0 aliphatic heterocycles. The minimum absolute atomic E-state index is 0.0318. The third-order valence-electron chi connectivity index (χ3n) is 5.37. The Kier molecular flexibility index (Phi) is 8.11. The van der Waals surface area contributed by atoms with Gasteiger partial charge < -0.3 is 10.1 Å². The van der Waals surface area contributed by atoms with Gasteiger partial charge in [-0.15, -0.1) is 0 Å². The Morgan fingerprint density at radius 3 is 2.24 bits per heavy atom. The predicted octanol–water partition coefficient (Wildman–Crippen LogP) is 4.34. The molecule has 0 bridgehead atoms. The van der Waals surface area contributed by atoms with Crippen molar-refractivity contribution < 1.29 is 17.9 Å². The van der Waals surface area contributed by atoms with E-state index in [2.05, 4.69) is 17.4 Å². The molecule has 0 saturated carbocycles. The maximum absolute atomic E-state index is 12.8. The largest absolute Gasteiger partial charge is 0.484 e. The van der Waals surface area contributed by atoms with Crippen LogP contribution in [-0.2, 0) is 21.2 Å². The number of benzene rings is 3. The molecule has 0 spiro atoms. The molecule has 3 rings (SSSR count). The second kappa shape index (κ2) is 11.0. The number of aryl methyl sites for hydroxylation is 2. The van der Waals surface area contributed by atoms with E-state index >= 15 is 0 Å². The van der Waals surface area contributed by atoms with Crippen LogP contribution in [0.5, 0.6) is 5.75 Å². The molecule has 0 heterocycles. The van der Waals surface area contributed by atoms with Gasteiger partial charge in [-0.25, -0.2) is 8.42 Å². The van der Waals surface area contributed by atoms with Crippen LogP contribution in [0.15, 0.2) is 83.8 Å². The van der Waals surface area contributed by atoms with Crippen molar-refractivity contribution in [2.75, 3.05) is 18.0 Å². The van der Waals surface area contributed by atoms with Crippen LogP contribution >= 0.6 is 0 Å². The zero-order valence-electron chi connectivity index (χ0n) is 19.2. The summed E-state index contributed by atoms with van der Waals surface area (Å²) in [5, 5.41) is 2.94. The standard InChI is InChI=1S/C26H30N2O4S/c1-20-9-17-25(18-10-20)33(30,31)28(3)23-13-15-24(16-14-23)32-19-26(29)27-21(2)11-12-22-7-5-4-6-8-22/h4-10,13-18,21H,11-12,19H2,1-3H3,(H,27,29)/t21-/m0/s1. The molecule has 1 amide bonds. The zero-order valence-corrected chi connectivity index (χ0v) is 20.0. The van der Waals surface area contributed by atoms with Gasteiger partial charge in [0.15, 0.2) is 6.61 Å². The van der Waals surface area contributed by atoms with Gasteiger partial charge in [-0.2, -0.15) is 0 Å². The topological polar surface area (TPSA) is 75.7 Å². The summed E-state index contributed by atoms with van der Waals surface area (Å²) in [7, 11) is -2.15.